The van der Waals surface area contributed by atoms with Crippen LogP contribution in [0.4, 0.5) is 5.82 Å². The summed E-state index contributed by atoms with van der Waals surface area (Å²) in [4.78, 5) is 21.1. The minimum absolute atomic E-state index is 0.312. The van der Waals surface area contributed by atoms with Crippen LogP contribution in [-0.2, 0) is 4.79 Å². The number of hydrogen-bond donors (Lipinski definition) is 0. The number of hydrogen-bond acceptors (Lipinski definition) is 3. The van der Waals surface area contributed by atoms with Gasteiger partial charge < -0.3 is 9.80 Å². The molecule has 0 aromatic carbocycles. The van der Waals surface area contributed by atoms with Gasteiger partial charge in [-0.3, -0.25) is 4.79 Å². The molecule has 1 amide bonds. The molecule has 0 spiro atoms. The standard InChI is InChI=1S/C16H23N3O/c1-12-5-3-7-15(17-12)19-10-4-6-14(11-19)18(2)16(20)13-8-9-13/h3,5,7,13-14H,4,6,8-11H2,1-2H3. The lowest BCUT2D eigenvalue weighted by Gasteiger charge is -2.38. The van der Waals surface area contributed by atoms with Crippen molar-refractivity contribution >= 4 is 11.7 Å². The van der Waals surface area contributed by atoms with E-state index in [4.69, 9.17) is 0 Å². The number of likely N-dealkylation sites (N-methyl/N-ethyl adjacent to an activating group) is 1. The van der Waals surface area contributed by atoms with Gasteiger partial charge in [0.25, 0.3) is 0 Å². The molecule has 2 aliphatic rings. The lowest BCUT2D eigenvalue weighted by atomic mass is 10.0. The Hall–Kier alpha value is -1.58. The first-order valence-electron chi connectivity index (χ1n) is 7.60. The third-order valence-electron chi connectivity index (χ3n) is 4.42. The number of aromatic nitrogens is 1. The van der Waals surface area contributed by atoms with E-state index in [0.717, 1.165) is 50.3 Å². The Kier molecular flexibility index (Phi) is 3.64. The molecule has 0 radical (unpaired) electrons. The summed E-state index contributed by atoms with van der Waals surface area (Å²) in [7, 11) is 1.97. The zero-order valence-electron chi connectivity index (χ0n) is 12.4. The van der Waals surface area contributed by atoms with Crippen LogP contribution in [0.3, 0.4) is 0 Å². The Morgan fingerprint density at radius 3 is 2.85 bits per heavy atom. The fourth-order valence-electron chi connectivity index (χ4n) is 2.98. The number of nitrogens with zero attached hydrogens (tertiary/aromatic N) is 3. The number of carbonyl (C=O) groups is 1. The lowest BCUT2D eigenvalue weighted by molar-refractivity contribution is -0.133. The second-order valence-corrected chi connectivity index (χ2v) is 6.10. The molecule has 1 unspecified atom stereocenters. The molecule has 1 saturated heterocycles. The Morgan fingerprint density at radius 1 is 1.35 bits per heavy atom. The van der Waals surface area contributed by atoms with Crippen LogP contribution in [0.25, 0.3) is 0 Å². The van der Waals surface area contributed by atoms with Crippen molar-refractivity contribution in [3.05, 3.63) is 23.9 Å². The Morgan fingerprint density at radius 2 is 2.15 bits per heavy atom. The number of pyridine rings is 1. The molecule has 20 heavy (non-hydrogen) atoms. The van der Waals surface area contributed by atoms with Crippen molar-refractivity contribution in [2.45, 2.75) is 38.6 Å². The first-order chi connectivity index (χ1) is 9.65. The quantitative estimate of drug-likeness (QED) is 0.847. The smallest absolute Gasteiger partial charge is 0.225 e. The SMILES string of the molecule is Cc1cccc(N2CCCC(N(C)C(=O)C3CC3)C2)n1. The average Bonchev–Trinajstić information content (AvgIpc) is 3.30. The summed E-state index contributed by atoms with van der Waals surface area (Å²) in [5.41, 5.74) is 1.05. The van der Waals surface area contributed by atoms with E-state index in [9.17, 15) is 4.79 Å². The molecule has 0 N–H and O–H groups in total. The number of anilines is 1. The van der Waals surface area contributed by atoms with Gasteiger partial charge in [-0.05, 0) is 44.7 Å². The van der Waals surface area contributed by atoms with Crippen molar-refractivity contribution < 1.29 is 4.79 Å². The van der Waals surface area contributed by atoms with E-state index in [1.807, 2.05) is 24.9 Å². The maximum Gasteiger partial charge on any atom is 0.225 e. The van der Waals surface area contributed by atoms with Gasteiger partial charge in [0.1, 0.15) is 5.82 Å². The van der Waals surface area contributed by atoms with E-state index < -0.39 is 0 Å². The van der Waals surface area contributed by atoms with Crippen molar-refractivity contribution in [3.63, 3.8) is 0 Å². The van der Waals surface area contributed by atoms with Crippen molar-refractivity contribution in [3.8, 4) is 0 Å². The summed E-state index contributed by atoms with van der Waals surface area (Å²) in [6.07, 6.45) is 4.40. The van der Waals surface area contributed by atoms with Crippen LogP contribution in [0.1, 0.15) is 31.4 Å². The lowest BCUT2D eigenvalue weighted by Crippen LogP contribution is -2.49. The van der Waals surface area contributed by atoms with Crippen molar-refractivity contribution in [2.24, 2.45) is 5.92 Å². The van der Waals surface area contributed by atoms with Gasteiger partial charge in [0.15, 0.2) is 0 Å². The van der Waals surface area contributed by atoms with Gasteiger partial charge in [0, 0.05) is 37.8 Å². The average molecular weight is 273 g/mol. The number of piperidine rings is 1. The highest BCUT2D eigenvalue weighted by molar-refractivity contribution is 5.81. The summed E-state index contributed by atoms with van der Waals surface area (Å²) in [5, 5.41) is 0. The van der Waals surface area contributed by atoms with Crippen LogP contribution < -0.4 is 4.90 Å². The van der Waals surface area contributed by atoms with Crippen LogP contribution in [0.15, 0.2) is 18.2 Å². The number of carbonyl (C=O) groups excluding carboxylic acids is 1. The fourth-order valence-corrected chi connectivity index (χ4v) is 2.98. The number of amides is 1. The van der Waals surface area contributed by atoms with Crippen LogP contribution in [-0.4, -0.2) is 42.0 Å². The number of aryl methyl sites for hydroxylation is 1. The molecule has 2 fully saturated rings. The van der Waals surface area contributed by atoms with Crippen LogP contribution in [0, 0.1) is 12.8 Å². The van der Waals surface area contributed by atoms with Gasteiger partial charge in [0.2, 0.25) is 5.91 Å². The summed E-state index contributed by atoms with van der Waals surface area (Å²) < 4.78 is 0. The van der Waals surface area contributed by atoms with Crippen LogP contribution in [0.2, 0.25) is 0 Å². The normalized spacial score (nSPS) is 22.7. The highest BCUT2D eigenvalue weighted by Crippen LogP contribution is 2.32. The monoisotopic (exact) mass is 273 g/mol. The second-order valence-electron chi connectivity index (χ2n) is 6.10. The van der Waals surface area contributed by atoms with Crippen LogP contribution in [0.5, 0.6) is 0 Å². The van der Waals surface area contributed by atoms with Gasteiger partial charge in [-0.15, -0.1) is 0 Å². The summed E-state index contributed by atoms with van der Waals surface area (Å²) >= 11 is 0. The van der Waals surface area contributed by atoms with E-state index in [2.05, 4.69) is 22.0 Å². The highest BCUT2D eigenvalue weighted by atomic mass is 16.2. The first kappa shape index (κ1) is 13.4. The Labute approximate surface area is 120 Å². The van der Waals surface area contributed by atoms with Gasteiger partial charge in [-0.1, -0.05) is 6.07 Å². The molecular weight excluding hydrogens is 250 g/mol. The molecule has 3 rings (SSSR count). The van der Waals surface area contributed by atoms with E-state index in [-0.39, 0.29) is 0 Å². The predicted molar refractivity (Wildman–Crippen MR) is 79.7 cm³/mol. The molecule has 4 heteroatoms. The third kappa shape index (κ3) is 2.79. The van der Waals surface area contributed by atoms with Crippen molar-refractivity contribution in [1.82, 2.24) is 9.88 Å². The zero-order valence-corrected chi connectivity index (χ0v) is 12.4. The minimum atomic E-state index is 0.312. The summed E-state index contributed by atoms with van der Waals surface area (Å²) in [5.74, 6) is 1.70. The molecule has 1 aliphatic carbocycles. The molecular formula is C16H23N3O. The highest BCUT2D eigenvalue weighted by Gasteiger charge is 2.35. The van der Waals surface area contributed by atoms with Gasteiger partial charge in [0.05, 0.1) is 0 Å². The Bertz CT molecular complexity index is 498. The molecule has 1 aliphatic heterocycles. The summed E-state index contributed by atoms with van der Waals surface area (Å²) in [6, 6.07) is 6.48. The molecule has 1 saturated carbocycles. The van der Waals surface area contributed by atoms with Crippen molar-refractivity contribution in [1.29, 1.82) is 0 Å². The van der Waals surface area contributed by atoms with Crippen molar-refractivity contribution in [2.75, 3.05) is 25.0 Å². The molecule has 4 nitrogen and oxygen atoms in total. The molecule has 0 bridgehead atoms. The van der Waals surface area contributed by atoms with Gasteiger partial charge >= 0.3 is 0 Å². The number of rotatable bonds is 3. The Balaban J connectivity index is 1.68. The molecule has 108 valence electrons. The molecule has 1 atom stereocenters. The van der Waals surface area contributed by atoms with E-state index in [1.54, 1.807) is 0 Å². The topological polar surface area (TPSA) is 36.4 Å². The molecule has 1 aromatic heterocycles. The van der Waals surface area contributed by atoms with E-state index in [0.29, 0.717) is 17.9 Å². The summed E-state index contributed by atoms with van der Waals surface area (Å²) in [6.45, 7) is 3.97. The maximum absolute atomic E-state index is 12.2. The molecule has 2 heterocycles. The maximum atomic E-state index is 12.2. The fraction of sp³-hybridized carbons (Fsp3) is 0.625. The largest absolute Gasteiger partial charge is 0.355 e. The predicted octanol–water partition coefficient (Wildman–Crippen LogP) is 2.23. The van der Waals surface area contributed by atoms with Crippen LogP contribution >= 0.6 is 0 Å². The zero-order chi connectivity index (χ0) is 14.1. The molecule has 1 aromatic rings. The van der Waals surface area contributed by atoms with Gasteiger partial charge in [-0.2, -0.15) is 0 Å². The second kappa shape index (κ2) is 5.43. The third-order valence-corrected chi connectivity index (χ3v) is 4.42. The van der Waals surface area contributed by atoms with Gasteiger partial charge in [-0.25, -0.2) is 4.98 Å². The van der Waals surface area contributed by atoms with E-state index in [1.165, 1.54) is 0 Å². The first-order valence-corrected chi connectivity index (χ1v) is 7.60. The minimum Gasteiger partial charge on any atom is -0.355 e. The van der Waals surface area contributed by atoms with E-state index >= 15 is 0 Å².